The molecular formula is C18H25N3O3. The fourth-order valence-corrected chi connectivity index (χ4v) is 2.87. The number of aliphatic hydroxyl groups is 1. The number of aromatic nitrogens is 3. The number of methoxy groups -OCH3 is 2. The van der Waals surface area contributed by atoms with Crippen LogP contribution >= 0.6 is 0 Å². The summed E-state index contributed by atoms with van der Waals surface area (Å²) in [5.41, 5.74) is 1.23. The van der Waals surface area contributed by atoms with Crippen LogP contribution in [0.4, 0.5) is 0 Å². The van der Waals surface area contributed by atoms with Gasteiger partial charge in [0.25, 0.3) is 0 Å². The quantitative estimate of drug-likeness (QED) is 0.804. The molecule has 6 heteroatoms. The minimum atomic E-state index is 0.151. The highest BCUT2D eigenvalue weighted by molar-refractivity contribution is 5.43. The SMILES string of the molecule is COc1ccc(Cc2nc(C3(C)CC3)n(CCCO)n2)cc1OC. The molecule has 1 aliphatic carbocycles. The second-order valence-corrected chi connectivity index (χ2v) is 6.58. The molecule has 1 aromatic carbocycles. The first-order chi connectivity index (χ1) is 11.6. The second kappa shape index (κ2) is 6.81. The van der Waals surface area contributed by atoms with E-state index in [2.05, 4.69) is 12.0 Å². The van der Waals surface area contributed by atoms with Crippen molar-refractivity contribution in [2.75, 3.05) is 20.8 Å². The molecule has 1 N–H and O–H groups in total. The topological polar surface area (TPSA) is 69.4 Å². The highest BCUT2D eigenvalue weighted by atomic mass is 16.5. The summed E-state index contributed by atoms with van der Waals surface area (Å²) >= 11 is 0. The van der Waals surface area contributed by atoms with E-state index in [1.807, 2.05) is 22.9 Å². The van der Waals surface area contributed by atoms with Gasteiger partial charge in [0.15, 0.2) is 17.3 Å². The van der Waals surface area contributed by atoms with E-state index in [0.29, 0.717) is 30.9 Å². The van der Waals surface area contributed by atoms with Crippen molar-refractivity contribution < 1.29 is 14.6 Å². The van der Waals surface area contributed by atoms with Crippen LogP contribution in [0.1, 0.15) is 43.4 Å². The van der Waals surface area contributed by atoms with Crippen molar-refractivity contribution in [2.24, 2.45) is 0 Å². The lowest BCUT2D eigenvalue weighted by Gasteiger charge is -2.09. The molecule has 0 atom stereocenters. The molecule has 2 aromatic rings. The monoisotopic (exact) mass is 331 g/mol. The molecule has 24 heavy (non-hydrogen) atoms. The van der Waals surface area contributed by atoms with Crippen LogP contribution in [0.25, 0.3) is 0 Å². The first kappa shape index (κ1) is 16.8. The van der Waals surface area contributed by atoms with E-state index < -0.39 is 0 Å². The van der Waals surface area contributed by atoms with E-state index >= 15 is 0 Å². The Kier molecular flexibility index (Phi) is 4.76. The predicted octanol–water partition coefficient (Wildman–Crippen LogP) is 2.32. The van der Waals surface area contributed by atoms with Gasteiger partial charge in [0.1, 0.15) is 5.82 Å². The third kappa shape index (κ3) is 3.38. The van der Waals surface area contributed by atoms with Crippen molar-refractivity contribution >= 4 is 0 Å². The van der Waals surface area contributed by atoms with Gasteiger partial charge in [-0.1, -0.05) is 13.0 Å². The van der Waals surface area contributed by atoms with Gasteiger partial charge in [-0.15, -0.1) is 0 Å². The molecular weight excluding hydrogens is 306 g/mol. The molecule has 0 amide bonds. The summed E-state index contributed by atoms with van der Waals surface area (Å²) in [4.78, 5) is 4.79. The van der Waals surface area contributed by atoms with E-state index in [-0.39, 0.29) is 12.0 Å². The lowest BCUT2D eigenvalue weighted by molar-refractivity contribution is 0.275. The van der Waals surface area contributed by atoms with Crippen molar-refractivity contribution in [3.63, 3.8) is 0 Å². The zero-order valence-electron chi connectivity index (χ0n) is 14.6. The maximum Gasteiger partial charge on any atom is 0.161 e. The maximum absolute atomic E-state index is 9.10. The largest absolute Gasteiger partial charge is 0.493 e. The summed E-state index contributed by atoms with van der Waals surface area (Å²) in [6.07, 6.45) is 3.65. The van der Waals surface area contributed by atoms with Crippen molar-refractivity contribution in [3.8, 4) is 11.5 Å². The van der Waals surface area contributed by atoms with Gasteiger partial charge in [0, 0.05) is 25.0 Å². The van der Waals surface area contributed by atoms with Crippen LogP contribution in [0, 0.1) is 0 Å². The van der Waals surface area contributed by atoms with E-state index in [9.17, 15) is 0 Å². The number of rotatable bonds is 8. The Morgan fingerprint density at radius 3 is 2.58 bits per heavy atom. The molecule has 1 fully saturated rings. The average molecular weight is 331 g/mol. The molecule has 1 saturated carbocycles. The van der Waals surface area contributed by atoms with E-state index in [4.69, 9.17) is 19.6 Å². The smallest absolute Gasteiger partial charge is 0.161 e. The Balaban J connectivity index is 1.83. The van der Waals surface area contributed by atoms with E-state index in [1.54, 1.807) is 14.2 Å². The van der Waals surface area contributed by atoms with Crippen LogP contribution in [0.2, 0.25) is 0 Å². The molecule has 3 rings (SSSR count). The first-order valence-electron chi connectivity index (χ1n) is 8.35. The predicted molar refractivity (Wildman–Crippen MR) is 90.7 cm³/mol. The fraction of sp³-hybridized carbons (Fsp3) is 0.556. The number of ether oxygens (including phenoxy) is 2. The van der Waals surface area contributed by atoms with Crippen molar-refractivity contribution in [3.05, 3.63) is 35.4 Å². The van der Waals surface area contributed by atoms with Gasteiger partial charge >= 0.3 is 0 Å². The molecule has 0 spiro atoms. The van der Waals surface area contributed by atoms with Crippen LogP contribution in [-0.4, -0.2) is 40.7 Å². The minimum absolute atomic E-state index is 0.151. The Labute approximate surface area is 142 Å². The van der Waals surface area contributed by atoms with Gasteiger partial charge in [0.05, 0.1) is 14.2 Å². The Hall–Kier alpha value is -2.08. The Bertz CT molecular complexity index is 708. The molecule has 130 valence electrons. The fourth-order valence-electron chi connectivity index (χ4n) is 2.87. The highest BCUT2D eigenvalue weighted by Crippen LogP contribution is 2.46. The summed E-state index contributed by atoms with van der Waals surface area (Å²) < 4.78 is 12.6. The number of aryl methyl sites for hydroxylation is 1. The number of hydrogen-bond donors (Lipinski definition) is 1. The molecule has 1 heterocycles. The zero-order valence-corrected chi connectivity index (χ0v) is 14.6. The standard InChI is InChI=1S/C18H25N3O3/c1-18(7-8-18)17-19-16(20-21(17)9-4-10-22)12-13-5-6-14(23-2)15(11-13)24-3/h5-6,11,22H,4,7-10,12H2,1-3H3. The maximum atomic E-state index is 9.10. The minimum Gasteiger partial charge on any atom is -0.493 e. The molecule has 0 aliphatic heterocycles. The number of benzene rings is 1. The van der Waals surface area contributed by atoms with Gasteiger partial charge in [-0.25, -0.2) is 9.67 Å². The van der Waals surface area contributed by atoms with Gasteiger partial charge in [0.2, 0.25) is 0 Å². The van der Waals surface area contributed by atoms with Crippen molar-refractivity contribution in [1.82, 2.24) is 14.8 Å². The molecule has 0 radical (unpaired) electrons. The van der Waals surface area contributed by atoms with E-state index in [1.165, 1.54) is 0 Å². The number of nitrogens with zero attached hydrogens (tertiary/aromatic N) is 3. The summed E-state index contributed by atoms with van der Waals surface area (Å²) in [5, 5.41) is 13.8. The number of aliphatic hydroxyl groups excluding tert-OH is 1. The zero-order chi connectivity index (χ0) is 17.2. The molecule has 0 bridgehead atoms. The van der Waals surface area contributed by atoms with Crippen molar-refractivity contribution in [1.29, 1.82) is 0 Å². The molecule has 0 unspecified atom stereocenters. The third-order valence-electron chi connectivity index (χ3n) is 4.59. The molecule has 6 nitrogen and oxygen atoms in total. The van der Waals surface area contributed by atoms with Crippen LogP contribution in [0.3, 0.4) is 0 Å². The molecule has 1 aromatic heterocycles. The average Bonchev–Trinajstić information content (AvgIpc) is 3.21. The lowest BCUT2D eigenvalue weighted by Crippen LogP contribution is -2.13. The van der Waals surface area contributed by atoms with Gasteiger partial charge in [-0.05, 0) is 37.0 Å². The van der Waals surface area contributed by atoms with Crippen LogP contribution in [0.15, 0.2) is 18.2 Å². The van der Waals surface area contributed by atoms with Gasteiger partial charge in [-0.2, -0.15) is 5.10 Å². The summed E-state index contributed by atoms with van der Waals surface area (Å²) in [5.74, 6) is 3.28. The van der Waals surface area contributed by atoms with Crippen LogP contribution < -0.4 is 9.47 Å². The second-order valence-electron chi connectivity index (χ2n) is 6.58. The van der Waals surface area contributed by atoms with Gasteiger partial charge in [-0.3, -0.25) is 0 Å². The Morgan fingerprint density at radius 1 is 1.21 bits per heavy atom. The summed E-state index contributed by atoms with van der Waals surface area (Å²) in [6, 6.07) is 5.88. The van der Waals surface area contributed by atoms with Crippen LogP contribution in [0.5, 0.6) is 11.5 Å². The van der Waals surface area contributed by atoms with Crippen molar-refractivity contribution in [2.45, 2.75) is 44.6 Å². The summed E-state index contributed by atoms with van der Waals surface area (Å²) in [7, 11) is 3.26. The highest BCUT2D eigenvalue weighted by Gasteiger charge is 2.43. The molecule has 1 aliphatic rings. The van der Waals surface area contributed by atoms with Crippen LogP contribution in [-0.2, 0) is 18.4 Å². The normalized spacial score (nSPS) is 15.3. The van der Waals surface area contributed by atoms with Gasteiger partial charge < -0.3 is 14.6 Å². The summed E-state index contributed by atoms with van der Waals surface area (Å²) in [6.45, 7) is 3.11. The Morgan fingerprint density at radius 2 is 1.96 bits per heavy atom. The number of hydrogen-bond acceptors (Lipinski definition) is 5. The van der Waals surface area contributed by atoms with E-state index in [0.717, 1.165) is 30.1 Å². The lowest BCUT2D eigenvalue weighted by atomic mass is 10.1. The molecule has 0 saturated heterocycles. The first-order valence-corrected chi connectivity index (χ1v) is 8.35. The third-order valence-corrected chi connectivity index (χ3v) is 4.59.